The van der Waals surface area contributed by atoms with Gasteiger partial charge in [-0.25, -0.2) is 4.79 Å². The van der Waals surface area contributed by atoms with E-state index in [0.29, 0.717) is 32.2 Å². The minimum absolute atomic E-state index is 0. The summed E-state index contributed by atoms with van der Waals surface area (Å²) in [6.45, 7) is 3.90. The van der Waals surface area contributed by atoms with Crippen LogP contribution < -0.4 is 11.1 Å². The molecule has 1 saturated heterocycles. The summed E-state index contributed by atoms with van der Waals surface area (Å²) in [4.78, 5) is 17.7. The molecule has 1 saturated carbocycles. The zero-order chi connectivity index (χ0) is 16.7. The summed E-state index contributed by atoms with van der Waals surface area (Å²) in [5.41, 5.74) is 5.26. The van der Waals surface area contributed by atoms with Crippen LogP contribution in [0.1, 0.15) is 51.9 Å². The van der Waals surface area contributed by atoms with Gasteiger partial charge in [-0.1, -0.05) is 19.3 Å². The summed E-state index contributed by atoms with van der Waals surface area (Å²) in [6, 6.07) is 0.213. The Morgan fingerprint density at radius 1 is 1.33 bits per heavy atom. The summed E-state index contributed by atoms with van der Waals surface area (Å²) in [7, 11) is 0. The normalized spacial score (nSPS) is 21.8. The van der Waals surface area contributed by atoms with Gasteiger partial charge in [-0.05, 0) is 32.6 Å². The molecule has 0 aromatic rings. The fourth-order valence-corrected chi connectivity index (χ4v) is 3.28. The summed E-state index contributed by atoms with van der Waals surface area (Å²) >= 11 is 0. The maximum absolute atomic E-state index is 11.6. The number of hydrogen-bond donors (Lipinski definition) is 3. The maximum atomic E-state index is 11.6. The molecule has 24 heavy (non-hydrogen) atoms. The smallest absolute Gasteiger partial charge is 0.409 e. The van der Waals surface area contributed by atoms with Gasteiger partial charge in [0.2, 0.25) is 0 Å². The van der Waals surface area contributed by atoms with E-state index in [4.69, 9.17) is 10.5 Å². The van der Waals surface area contributed by atoms with Crippen molar-refractivity contribution in [1.29, 1.82) is 0 Å². The lowest BCUT2D eigenvalue weighted by Crippen LogP contribution is -2.49. The van der Waals surface area contributed by atoms with Crippen molar-refractivity contribution < 1.29 is 14.6 Å². The number of hydrogen-bond acceptors (Lipinski definition) is 4. The lowest BCUT2D eigenvalue weighted by molar-refractivity contribution is 0.0131. The Balaban J connectivity index is 0.00000288. The average Bonchev–Trinajstić information content (AvgIpc) is 2.55. The number of likely N-dealkylation sites (tertiary alicyclic amines) is 1. The molecule has 0 atom stereocenters. The fraction of sp³-hybridized carbons (Fsp3) is 0.875. The molecule has 140 valence electrons. The molecule has 2 rings (SSSR count). The highest BCUT2D eigenvalue weighted by molar-refractivity contribution is 14.0. The molecule has 4 N–H and O–H groups in total. The van der Waals surface area contributed by atoms with Gasteiger partial charge < -0.3 is 25.8 Å². The number of rotatable bonds is 4. The van der Waals surface area contributed by atoms with Gasteiger partial charge in [0.25, 0.3) is 0 Å². The molecule has 0 aromatic heterocycles. The number of nitrogens with zero attached hydrogens (tertiary/aromatic N) is 2. The molecule has 0 aromatic carbocycles. The Labute approximate surface area is 161 Å². The number of aliphatic hydroxyl groups is 1. The van der Waals surface area contributed by atoms with Crippen LogP contribution in [-0.2, 0) is 4.74 Å². The highest BCUT2D eigenvalue weighted by atomic mass is 127. The Hall–Kier alpha value is -0.770. The summed E-state index contributed by atoms with van der Waals surface area (Å²) in [6.07, 6.45) is 6.32. The number of guanidine groups is 1. The average molecular weight is 454 g/mol. The first-order valence-electron chi connectivity index (χ1n) is 8.73. The van der Waals surface area contributed by atoms with Crippen LogP contribution in [0.3, 0.4) is 0 Å². The van der Waals surface area contributed by atoms with Crippen molar-refractivity contribution in [1.82, 2.24) is 10.2 Å². The molecule has 0 spiro atoms. The Morgan fingerprint density at radius 3 is 2.54 bits per heavy atom. The van der Waals surface area contributed by atoms with Crippen LogP contribution in [-0.4, -0.2) is 59.9 Å². The van der Waals surface area contributed by atoms with E-state index >= 15 is 0 Å². The Kier molecular flexibility index (Phi) is 9.11. The highest BCUT2D eigenvalue weighted by Crippen LogP contribution is 2.28. The first-order chi connectivity index (χ1) is 11.0. The lowest BCUT2D eigenvalue weighted by Gasteiger charge is -2.32. The predicted molar refractivity (Wildman–Crippen MR) is 105 cm³/mol. The minimum Gasteiger partial charge on any atom is -0.450 e. The van der Waals surface area contributed by atoms with E-state index in [1.807, 2.05) is 6.92 Å². The highest BCUT2D eigenvalue weighted by Gasteiger charge is 2.29. The monoisotopic (exact) mass is 454 g/mol. The molecule has 7 nitrogen and oxygen atoms in total. The molecule has 1 aliphatic heterocycles. The number of piperidine rings is 1. The molecule has 2 fully saturated rings. The van der Waals surface area contributed by atoms with Crippen molar-refractivity contribution in [2.45, 2.75) is 63.5 Å². The number of aliphatic imine (C=N–C) groups is 1. The molecular weight excluding hydrogens is 423 g/mol. The molecule has 8 heteroatoms. The topological polar surface area (TPSA) is 100 Å². The number of nitrogens with one attached hydrogen (secondary N) is 1. The van der Waals surface area contributed by atoms with Crippen LogP contribution in [0.2, 0.25) is 0 Å². The van der Waals surface area contributed by atoms with Gasteiger partial charge >= 0.3 is 6.09 Å². The van der Waals surface area contributed by atoms with E-state index in [1.165, 1.54) is 6.42 Å². The van der Waals surface area contributed by atoms with E-state index in [0.717, 1.165) is 38.5 Å². The predicted octanol–water partition coefficient (Wildman–Crippen LogP) is 1.82. The fourth-order valence-electron chi connectivity index (χ4n) is 3.28. The third-order valence-electron chi connectivity index (χ3n) is 4.70. The second kappa shape index (κ2) is 10.3. The Bertz CT molecular complexity index is 420. The molecule has 0 bridgehead atoms. The standard InChI is InChI=1S/C16H30N4O3.HI/c1-2-23-15(21)20-10-6-13(7-11-20)19-14(17)18-12-16(22)8-4-3-5-9-16;/h13,22H,2-12H2,1H3,(H3,17,18,19);1H. The zero-order valence-corrected chi connectivity index (χ0v) is 16.8. The Morgan fingerprint density at radius 2 is 1.96 bits per heavy atom. The molecule has 1 aliphatic carbocycles. The second-order valence-electron chi connectivity index (χ2n) is 6.59. The van der Waals surface area contributed by atoms with E-state index in [2.05, 4.69) is 10.3 Å². The first-order valence-corrected chi connectivity index (χ1v) is 8.73. The first kappa shape index (κ1) is 21.3. The van der Waals surface area contributed by atoms with Gasteiger partial charge in [0.05, 0.1) is 18.8 Å². The van der Waals surface area contributed by atoms with E-state index < -0.39 is 5.60 Å². The van der Waals surface area contributed by atoms with Crippen LogP contribution >= 0.6 is 24.0 Å². The lowest BCUT2D eigenvalue weighted by atomic mass is 9.85. The van der Waals surface area contributed by atoms with Crippen molar-refractivity contribution in [2.75, 3.05) is 26.2 Å². The summed E-state index contributed by atoms with van der Waals surface area (Å²) < 4.78 is 5.00. The number of nitrogens with two attached hydrogens (primary N) is 1. The third-order valence-corrected chi connectivity index (χ3v) is 4.70. The van der Waals surface area contributed by atoms with Gasteiger partial charge in [0.1, 0.15) is 0 Å². The van der Waals surface area contributed by atoms with Crippen molar-refractivity contribution in [2.24, 2.45) is 10.7 Å². The minimum atomic E-state index is -0.683. The van der Waals surface area contributed by atoms with Gasteiger partial charge in [0.15, 0.2) is 5.96 Å². The van der Waals surface area contributed by atoms with Crippen LogP contribution in [0, 0.1) is 0 Å². The SMILES string of the molecule is CCOC(=O)N1CCC(NC(N)=NCC2(O)CCCCC2)CC1.I. The van der Waals surface area contributed by atoms with Gasteiger partial charge in [-0.3, -0.25) is 4.99 Å². The summed E-state index contributed by atoms with van der Waals surface area (Å²) in [5.74, 6) is 0.388. The maximum Gasteiger partial charge on any atom is 0.409 e. The van der Waals surface area contributed by atoms with E-state index in [9.17, 15) is 9.90 Å². The molecular formula is C16H31IN4O3. The second-order valence-corrected chi connectivity index (χ2v) is 6.59. The molecule has 2 aliphatic rings. The summed E-state index contributed by atoms with van der Waals surface area (Å²) in [5, 5.41) is 13.6. The van der Waals surface area contributed by atoms with Crippen LogP contribution in [0.4, 0.5) is 4.79 Å². The number of halogens is 1. The molecule has 0 unspecified atom stereocenters. The quantitative estimate of drug-likeness (QED) is 0.342. The van der Waals surface area contributed by atoms with Crippen molar-refractivity contribution in [3.63, 3.8) is 0 Å². The van der Waals surface area contributed by atoms with Crippen LogP contribution in [0.15, 0.2) is 4.99 Å². The van der Waals surface area contributed by atoms with E-state index in [-0.39, 0.29) is 36.1 Å². The van der Waals surface area contributed by atoms with Gasteiger partial charge in [0, 0.05) is 19.1 Å². The van der Waals surface area contributed by atoms with Gasteiger partial charge in [-0.15, -0.1) is 24.0 Å². The molecule has 1 heterocycles. The largest absolute Gasteiger partial charge is 0.450 e. The number of carbonyl (C=O) groups excluding carboxylic acids is 1. The van der Waals surface area contributed by atoms with Crippen LogP contribution in [0.25, 0.3) is 0 Å². The van der Waals surface area contributed by atoms with Crippen LogP contribution in [0.5, 0.6) is 0 Å². The molecule has 1 amide bonds. The third kappa shape index (κ3) is 6.62. The van der Waals surface area contributed by atoms with E-state index in [1.54, 1.807) is 4.90 Å². The zero-order valence-electron chi connectivity index (χ0n) is 14.5. The number of amides is 1. The number of carbonyl (C=O) groups is 1. The van der Waals surface area contributed by atoms with Crippen molar-refractivity contribution >= 4 is 36.0 Å². The van der Waals surface area contributed by atoms with Gasteiger partial charge in [-0.2, -0.15) is 0 Å². The molecule has 0 radical (unpaired) electrons. The van der Waals surface area contributed by atoms with Crippen molar-refractivity contribution in [3.05, 3.63) is 0 Å². The number of ether oxygens (including phenoxy) is 1. The van der Waals surface area contributed by atoms with Crippen molar-refractivity contribution in [3.8, 4) is 0 Å².